The fourth-order valence-electron chi connectivity index (χ4n) is 1.39. The lowest BCUT2D eigenvalue weighted by Crippen LogP contribution is -1.96. The summed E-state index contributed by atoms with van der Waals surface area (Å²) in [5.41, 5.74) is 5.35. The highest BCUT2D eigenvalue weighted by Gasteiger charge is 2.15. The molecule has 0 aliphatic heterocycles. The van der Waals surface area contributed by atoms with Gasteiger partial charge in [-0.25, -0.2) is 13.8 Å². The molecule has 0 fully saturated rings. The van der Waals surface area contributed by atoms with E-state index in [0.29, 0.717) is 5.82 Å². The van der Waals surface area contributed by atoms with E-state index in [1.807, 2.05) is 13.8 Å². The SMILES string of the molecule is CC(C)c1nc(-c2cc(N)c(F)cc2F)n[nH]1. The van der Waals surface area contributed by atoms with Gasteiger partial charge in [0.1, 0.15) is 17.5 Å². The standard InChI is InChI=1S/C11H12F2N4/c1-5(2)10-15-11(17-16-10)6-3-9(14)8(13)4-7(6)12/h3-5H,14H2,1-2H3,(H,15,16,17). The van der Waals surface area contributed by atoms with E-state index in [4.69, 9.17) is 5.73 Å². The van der Waals surface area contributed by atoms with E-state index in [1.165, 1.54) is 6.07 Å². The normalized spacial score (nSPS) is 11.1. The van der Waals surface area contributed by atoms with Gasteiger partial charge in [-0.15, -0.1) is 0 Å². The Hall–Kier alpha value is -1.98. The topological polar surface area (TPSA) is 67.6 Å². The molecule has 2 aromatic rings. The molecule has 2 rings (SSSR count). The average molecular weight is 238 g/mol. The molecule has 0 bridgehead atoms. The van der Waals surface area contributed by atoms with Crippen LogP contribution in [0.2, 0.25) is 0 Å². The van der Waals surface area contributed by atoms with Gasteiger partial charge in [0.2, 0.25) is 0 Å². The molecule has 1 aromatic heterocycles. The number of hydrogen-bond acceptors (Lipinski definition) is 3. The maximum Gasteiger partial charge on any atom is 0.184 e. The van der Waals surface area contributed by atoms with Gasteiger partial charge in [-0.1, -0.05) is 13.8 Å². The van der Waals surface area contributed by atoms with Gasteiger partial charge in [-0.3, -0.25) is 5.10 Å². The molecule has 4 nitrogen and oxygen atoms in total. The van der Waals surface area contributed by atoms with Gasteiger partial charge in [0.05, 0.1) is 11.3 Å². The minimum atomic E-state index is -0.786. The van der Waals surface area contributed by atoms with Crippen LogP contribution in [-0.2, 0) is 0 Å². The Balaban J connectivity index is 2.49. The van der Waals surface area contributed by atoms with E-state index in [1.54, 1.807) is 0 Å². The summed E-state index contributed by atoms with van der Waals surface area (Å²) in [6.07, 6.45) is 0. The van der Waals surface area contributed by atoms with E-state index >= 15 is 0 Å². The molecular weight excluding hydrogens is 226 g/mol. The average Bonchev–Trinajstić information content (AvgIpc) is 2.72. The van der Waals surface area contributed by atoms with Crippen molar-refractivity contribution in [2.45, 2.75) is 19.8 Å². The zero-order valence-electron chi connectivity index (χ0n) is 9.46. The molecule has 3 N–H and O–H groups in total. The van der Waals surface area contributed by atoms with Crippen LogP contribution in [0.5, 0.6) is 0 Å². The van der Waals surface area contributed by atoms with Crippen molar-refractivity contribution in [2.75, 3.05) is 5.73 Å². The number of nitrogen functional groups attached to an aromatic ring is 1. The molecule has 1 heterocycles. The van der Waals surface area contributed by atoms with Gasteiger partial charge in [-0.2, -0.15) is 5.10 Å². The van der Waals surface area contributed by atoms with Gasteiger partial charge in [-0.05, 0) is 6.07 Å². The van der Waals surface area contributed by atoms with E-state index in [0.717, 1.165) is 6.07 Å². The van der Waals surface area contributed by atoms with Crippen LogP contribution in [0.1, 0.15) is 25.6 Å². The van der Waals surface area contributed by atoms with Crippen LogP contribution >= 0.6 is 0 Å². The van der Waals surface area contributed by atoms with Gasteiger partial charge in [0.15, 0.2) is 5.82 Å². The molecule has 0 unspecified atom stereocenters. The predicted molar refractivity (Wildman–Crippen MR) is 60.2 cm³/mol. The maximum atomic E-state index is 13.5. The van der Waals surface area contributed by atoms with Crippen LogP contribution in [0.3, 0.4) is 0 Å². The Morgan fingerprint density at radius 3 is 2.53 bits per heavy atom. The highest BCUT2D eigenvalue weighted by Crippen LogP contribution is 2.25. The summed E-state index contributed by atoms with van der Waals surface area (Å²) in [7, 11) is 0. The maximum absolute atomic E-state index is 13.5. The van der Waals surface area contributed by atoms with Crippen molar-refractivity contribution >= 4 is 5.69 Å². The number of aromatic nitrogens is 3. The quantitative estimate of drug-likeness (QED) is 0.790. The molecule has 0 amide bonds. The van der Waals surface area contributed by atoms with Crippen LogP contribution in [0, 0.1) is 11.6 Å². The minimum Gasteiger partial charge on any atom is -0.396 e. The van der Waals surface area contributed by atoms with E-state index < -0.39 is 11.6 Å². The van der Waals surface area contributed by atoms with Crippen molar-refractivity contribution in [1.82, 2.24) is 15.2 Å². The van der Waals surface area contributed by atoms with Crippen molar-refractivity contribution in [3.63, 3.8) is 0 Å². The van der Waals surface area contributed by atoms with Gasteiger partial charge in [0.25, 0.3) is 0 Å². The second kappa shape index (κ2) is 4.12. The predicted octanol–water partition coefficient (Wildman–Crippen LogP) is 2.46. The van der Waals surface area contributed by atoms with Crippen molar-refractivity contribution in [3.05, 3.63) is 29.6 Å². The molecule has 0 saturated heterocycles. The van der Waals surface area contributed by atoms with Gasteiger partial charge >= 0.3 is 0 Å². The summed E-state index contributed by atoms with van der Waals surface area (Å²) < 4.78 is 26.5. The van der Waals surface area contributed by atoms with E-state index in [2.05, 4.69) is 15.2 Å². The van der Waals surface area contributed by atoms with E-state index in [-0.39, 0.29) is 23.0 Å². The van der Waals surface area contributed by atoms with Crippen LogP contribution in [-0.4, -0.2) is 15.2 Å². The molecule has 0 saturated carbocycles. The van der Waals surface area contributed by atoms with Crippen LogP contribution in [0.25, 0.3) is 11.4 Å². The minimum absolute atomic E-state index is 0.0899. The Morgan fingerprint density at radius 2 is 1.94 bits per heavy atom. The first-order valence-electron chi connectivity index (χ1n) is 5.16. The Morgan fingerprint density at radius 1 is 1.24 bits per heavy atom. The van der Waals surface area contributed by atoms with Crippen LogP contribution in [0.15, 0.2) is 12.1 Å². The Labute approximate surface area is 96.9 Å². The highest BCUT2D eigenvalue weighted by atomic mass is 19.1. The first kappa shape index (κ1) is 11.5. The molecular formula is C11H12F2N4. The highest BCUT2D eigenvalue weighted by molar-refractivity contribution is 5.62. The zero-order valence-corrected chi connectivity index (χ0v) is 9.46. The van der Waals surface area contributed by atoms with Gasteiger partial charge < -0.3 is 5.73 Å². The zero-order chi connectivity index (χ0) is 12.6. The molecule has 1 aromatic carbocycles. The molecule has 90 valence electrons. The molecule has 0 aliphatic carbocycles. The number of nitrogens with two attached hydrogens (primary N) is 1. The third-order valence-corrected chi connectivity index (χ3v) is 2.38. The van der Waals surface area contributed by atoms with Gasteiger partial charge in [0, 0.05) is 12.0 Å². The number of nitrogens with zero attached hydrogens (tertiary/aromatic N) is 2. The molecule has 17 heavy (non-hydrogen) atoms. The number of aromatic amines is 1. The van der Waals surface area contributed by atoms with Crippen LogP contribution < -0.4 is 5.73 Å². The number of rotatable bonds is 2. The summed E-state index contributed by atoms with van der Waals surface area (Å²) in [5.74, 6) is -0.547. The van der Waals surface area contributed by atoms with Crippen molar-refractivity contribution in [1.29, 1.82) is 0 Å². The first-order valence-corrected chi connectivity index (χ1v) is 5.16. The Kier molecular flexibility index (Phi) is 2.79. The summed E-state index contributed by atoms with van der Waals surface area (Å²) >= 11 is 0. The number of halogens is 2. The fourth-order valence-corrected chi connectivity index (χ4v) is 1.39. The smallest absolute Gasteiger partial charge is 0.184 e. The fraction of sp³-hybridized carbons (Fsp3) is 0.273. The number of nitrogens with one attached hydrogen (secondary N) is 1. The number of H-pyrrole nitrogens is 1. The summed E-state index contributed by atoms with van der Waals surface area (Å²) in [4.78, 5) is 4.13. The van der Waals surface area contributed by atoms with Crippen molar-refractivity contribution in [2.24, 2.45) is 0 Å². The second-order valence-corrected chi connectivity index (χ2v) is 4.05. The lowest BCUT2D eigenvalue weighted by atomic mass is 10.1. The monoisotopic (exact) mass is 238 g/mol. The molecule has 0 spiro atoms. The Bertz CT molecular complexity index is 548. The van der Waals surface area contributed by atoms with Crippen molar-refractivity contribution < 1.29 is 8.78 Å². The molecule has 0 aliphatic rings. The molecule has 6 heteroatoms. The molecule has 0 atom stereocenters. The second-order valence-electron chi connectivity index (χ2n) is 4.05. The summed E-state index contributed by atoms with van der Waals surface area (Å²) in [5, 5.41) is 6.59. The number of hydrogen-bond donors (Lipinski definition) is 2. The molecule has 0 radical (unpaired) electrons. The lowest BCUT2D eigenvalue weighted by Gasteiger charge is -2.01. The third kappa shape index (κ3) is 2.11. The lowest BCUT2D eigenvalue weighted by molar-refractivity contribution is 0.588. The van der Waals surface area contributed by atoms with E-state index in [9.17, 15) is 8.78 Å². The first-order chi connectivity index (χ1) is 7.99. The van der Waals surface area contributed by atoms with Crippen LogP contribution in [0.4, 0.5) is 14.5 Å². The summed E-state index contributed by atoms with van der Waals surface area (Å²) in [6, 6.07) is 1.92. The third-order valence-electron chi connectivity index (χ3n) is 2.38. The van der Waals surface area contributed by atoms with Crippen molar-refractivity contribution in [3.8, 4) is 11.4 Å². The number of benzene rings is 1. The number of anilines is 1. The largest absolute Gasteiger partial charge is 0.396 e. The summed E-state index contributed by atoms with van der Waals surface area (Å²) in [6.45, 7) is 3.86.